The van der Waals surface area contributed by atoms with Crippen LogP contribution in [0.2, 0.25) is 0 Å². The summed E-state index contributed by atoms with van der Waals surface area (Å²) in [5, 5.41) is 2.85. The Hall–Kier alpha value is -1.01. The second-order valence-electron chi connectivity index (χ2n) is 3.74. The summed E-state index contributed by atoms with van der Waals surface area (Å²) in [6.07, 6.45) is 8.91. The predicted octanol–water partition coefficient (Wildman–Crippen LogP) is 1.28. The first-order chi connectivity index (χ1) is 7.19. The molecule has 15 heavy (non-hydrogen) atoms. The zero-order chi connectivity index (χ0) is 11.7. The van der Waals surface area contributed by atoms with E-state index in [1.165, 1.54) is 0 Å². The monoisotopic (exact) mass is 210 g/mol. The highest BCUT2D eigenvalue weighted by molar-refractivity contribution is 5.79. The van der Waals surface area contributed by atoms with Gasteiger partial charge >= 0.3 is 0 Å². The molecule has 0 aromatic carbocycles. The summed E-state index contributed by atoms with van der Waals surface area (Å²) >= 11 is 0. The lowest BCUT2D eigenvalue weighted by Gasteiger charge is -2.17. The minimum Gasteiger partial charge on any atom is -0.342 e. The lowest BCUT2D eigenvalue weighted by molar-refractivity contribution is -0.125. The van der Waals surface area contributed by atoms with Crippen molar-refractivity contribution < 1.29 is 4.79 Å². The molecule has 3 N–H and O–H groups in total. The molecule has 0 spiro atoms. The molecule has 0 saturated heterocycles. The molecule has 3 heteroatoms. The Bertz CT molecular complexity index is 220. The van der Waals surface area contributed by atoms with E-state index >= 15 is 0 Å². The number of hydrogen-bond acceptors (Lipinski definition) is 2. The van der Waals surface area contributed by atoms with Gasteiger partial charge in [-0.3, -0.25) is 4.79 Å². The smallest absolute Gasteiger partial charge is 0.225 e. The van der Waals surface area contributed by atoms with Gasteiger partial charge in [0.15, 0.2) is 0 Å². The van der Waals surface area contributed by atoms with Crippen LogP contribution in [0.3, 0.4) is 0 Å². The van der Waals surface area contributed by atoms with Crippen LogP contribution in [0.4, 0.5) is 0 Å². The number of hydrogen-bond donors (Lipinski definition) is 2. The SMILES string of the molecule is C#CC(CCC)NC(=O)C(CN)CCC. The molecule has 0 aromatic heterocycles. The molecule has 0 aliphatic carbocycles. The van der Waals surface area contributed by atoms with Gasteiger partial charge in [0.05, 0.1) is 12.0 Å². The van der Waals surface area contributed by atoms with Crippen molar-refractivity contribution in [3.05, 3.63) is 0 Å². The highest BCUT2D eigenvalue weighted by Crippen LogP contribution is 2.05. The molecule has 2 atom stereocenters. The molecule has 0 fully saturated rings. The van der Waals surface area contributed by atoms with Crippen LogP contribution >= 0.6 is 0 Å². The van der Waals surface area contributed by atoms with Gasteiger partial charge in [0.1, 0.15) is 0 Å². The molecule has 1 amide bonds. The van der Waals surface area contributed by atoms with Crippen LogP contribution in [0.15, 0.2) is 0 Å². The quantitative estimate of drug-likeness (QED) is 0.622. The van der Waals surface area contributed by atoms with Gasteiger partial charge in [-0.2, -0.15) is 0 Å². The van der Waals surface area contributed by atoms with Crippen molar-refractivity contribution >= 4 is 5.91 Å². The summed E-state index contributed by atoms with van der Waals surface area (Å²) in [7, 11) is 0. The molecule has 2 unspecified atom stereocenters. The Morgan fingerprint density at radius 3 is 2.40 bits per heavy atom. The van der Waals surface area contributed by atoms with Gasteiger partial charge in [0.25, 0.3) is 0 Å². The second-order valence-corrected chi connectivity index (χ2v) is 3.74. The van der Waals surface area contributed by atoms with Crippen LogP contribution in [0.5, 0.6) is 0 Å². The van der Waals surface area contributed by atoms with Crippen molar-refractivity contribution in [3.8, 4) is 12.3 Å². The maximum Gasteiger partial charge on any atom is 0.225 e. The van der Waals surface area contributed by atoms with E-state index in [4.69, 9.17) is 12.2 Å². The fraction of sp³-hybridized carbons (Fsp3) is 0.750. The number of nitrogens with one attached hydrogen (secondary N) is 1. The van der Waals surface area contributed by atoms with Gasteiger partial charge in [0.2, 0.25) is 5.91 Å². The topological polar surface area (TPSA) is 55.1 Å². The fourth-order valence-corrected chi connectivity index (χ4v) is 1.48. The van der Waals surface area contributed by atoms with Gasteiger partial charge in [-0.25, -0.2) is 0 Å². The van der Waals surface area contributed by atoms with Crippen LogP contribution in [-0.2, 0) is 4.79 Å². The van der Waals surface area contributed by atoms with E-state index in [1.807, 2.05) is 13.8 Å². The third-order valence-corrected chi connectivity index (χ3v) is 2.39. The van der Waals surface area contributed by atoms with Gasteiger partial charge in [-0.15, -0.1) is 6.42 Å². The first-order valence-corrected chi connectivity index (χ1v) is 5.66. The summed E-state index contributed by atoms with van der Waals surface area (Å²) in [5.41, 5.74) is 5.54. The summed E-state index contributed by atoms with van der Waals surface area (Å²) < 4.78 is 0. The average Bonchev–Trinajstić information content (AvgIpc) is 2.24. The first kappa shape index (κ1) is 14.0. The van der Waals surface area contributed by atoms with Crippen molar-refractivity contribution in [3.63, 3.8) is 0 Å². The van der Waals surface area contributed by atoms with E-state index in [9.17, 15) is 4.79 Å². The third kappa shape index (κ3) is 5.44. The van der Waals surface area contributed by atoms with E-state index in [0.717, 1.165) is 25.7 Å². The number of nitrogens with two attached hydrogens (primary N) is 1. The number of carbonyl (C=O) groups is 1. The van der Waals surface area contributed by atoms with Crippen LogP contribution in [0, 0.1) is 18.3 Å². The Morgan fingerprint density at radius 2 is 2.00 bits per heavy atom. The van der Waals surface area contributed by atoms with Gasteiger partial charge in [-0.05, 0) is 12.8 Å². The maximum atomic E-state index is 11.7. The lowest BCUT2D eigenvalue weighted by Crippen LogP contribution is -2.40. The van der Waals surface area contributed by atoms with Crippen LogP contribution in [0.25, 0.3) is 0 Å². The van der Waals surface area contributed by atoms with E-state index < -0.39 is 0 Å². The Balaban J connectivity index is 4.13. The Morgan fingerprint density at radius 1 is 1.40 bits per heavy atom. The van der Waals surface area contributed by atoms with Gasteiger partial charge in [0, 0.05) is 6.54 Å². The van der Waals surface area contributed by atoms with E-state index in [0.29, 0.717) is 6.54 Å². The molecule has 0 aromatic rings. The molecule has 3 nitrogen and oxygen atoms in total. The summed E-state index contributed by atoms with van der Waals surface area (Å²) in [6.45, 7) is 4.48. The van der Waals surface area contributed by atoms with Crippen molar-refractivity contribution in [2.24, 2.45) is 11.7 Å². The van der Waals surface area contributed by atoms with E-state index in [2.05, 4.69) is 11.2 Å². The molecular formula is C12H22N2O. The summed E-state index contributed by atoms with van der Waals surface area (Å²) in [5.74, 6) is 2.48. The lowest BCUT2D eigenvalue weighted by atomic mass is 10.0. The van der Waals surface area contributed by atoms with Gasteiger partial charge < -0.3 is 11.1 Å². The number of terminal acetylenes is 1. The largest absolute Gasteiger partial charge is 0.342 e. The molecular weight excluding hydrogens is 188 g/mol. The number of carbonyl (C=O) groups excluding carboxylic acids is 1. The van der Waals surface area contributed by atoms with E-state index in [1.54, 1.807) is 0 Å². The predicted molar refractivity (Wildman–Crippen MR) is 63.1 cm³/mol. The second kappa shape index (κ2) is 8.31. The van der Waals surface area contributed by atoms with Crippen molar-refractivity contribution in [2.75, 3.05) is 6.54 Å². The third-order valence-electron chi connectivity index (χ3n) is 2.39. The summed E-state index contributed by atoms with van der Waals surface area (Å²) in [4.78, 5) is 11.7. The van der Waals surface area contributed by atoms with Crippen LogP contribution in [-0.4, -0.2) is 18.5 Å². The highest BCUT2D eigenvalue weighted by Gasteiger charge is 2.17. The zero-order valence-electron chi connectivity index (χ0n) is 9.75. The minimum absolute atomic E-state index is 0.00394. The van der Waals surface area contributed by atoms with Crippen molar-refractivity contribution in [2.45, 2.75) is 45.6 Å². The molecule has 0 rings (SSSR count). The normalized spacial score (nSPS) is 14.0. The number of amides is 1. The molecule has 0 radical (unpaired) electrons. The molecule has 86 valence electrons. The minimum atomic E-state index is -0.145. The van der Waals surface area contributed by atoms with E-state index in [-0.39, 0.29) is 17.9 Å². The van der Waals surface area contributed by atoms with Crippen LogP contribution in [0.1, 0.15) is 39.5 Å². The first-order valence-electron chi connectivity index (χ1n) is 5.66. The fourth-order valence-electron chi connectivity index (χ4n) is 1.48. The zero-order valence-corrected chi connectivity index (χ0v) is 9.75. The number of rotatable bonds is 7. The molecule has 0 aliphatic rings. The molecule has 0 heterocycles. The van der Waals surface area contributed by atoms with Crippen molar-refractivity contribution in [1.29, 1.82) is 0 Å². The highest BCUT2D eigenvalue weighted by atomic mass is 16.1. The standard InChI is InChI=1S/C12H22N2O/c1-4-7-10(9-13)12(15)14-11(6-3)8-5-2/h3,10-11H,4-5,7-9,13H2,1-2H3,(H,14,15). The van der Waals surface area contributed by atoms with Crippen molar-refractivity contribution in [1.82, 2.24) is 5.32 Å². The Labute approximate surface area is 92.8 Å². The maximum absolute atomic E-state index is 11.7. The Kier molecular flexibility index (Phi) is 7.75. The molecule has 0 aliphatic heterocycles. The summed E-state index contributed by atoms with van der Waals surface area (Å²) in [6, 6.07) is -0.145. The van der Waals surface area contributed by atoms with Crippen LogP contribution < -0.4 is 11.1 Å². The molecule has 0 saturated carbocycles. The van der Waals surface area contributed by atoms with Gasteiger partial charge in [-0.1, -0.05) is 32.6 Å². The molecule has 0 bridgehead atoms. The average molecular weight is 210 g/mol.